The standard InChI is InChI=1S/C26H38N6O4/c1-17-23(29-20-8-7-19(13-20)26(34)28-3)30-24(31-25(17)32-9-11-35-12-10-32)18-5-4-6-22(14-18)36-16-21(33)15-27-2/h4-6,14,19-21,27,33H,7-13,15-16H2,1-3H3,(H,28,34)(H,29,30,31)/t19-,20+,21?/m0/s1. The van der Waals surface area contributed by atoms with Crippen molar-refractivity contribution in [1.29, 1.82) is 0 Å². The Morgan fingerprint density at radius 2 is 2.06 bits per heavy atom. The SMILES string of the molecule is CNCC(O)COc1cccc(-c2nc(N[C@@H]3CC[C@H](C(=O)NC)C3)c(C)c(N3CCOCC3)n2)c1. The molecule has 0 spiro atoms. The number of ether oxygens (including phenoxy) is 2. The molecule has 2 aliphatic rings. The number of nitrogens with one attached hydrogen (secondary N) is 3. The van der Waals surface area contributed by atoms with Crippen LogP contribution in [0.2, 0.25) is 0 Å². The van der Waals surface area contributed by atoms with Gasteiger partial charge in [-0.2, -0.15) is 0 Å². The zero-order chi connectivity index (χ0) is 25.5. The van der Waals surface area contributed by atoms with E-state index in [0.29, 0.717) is 31.3 Å². The molecule has 4 rings (SSSR count). The minimum atomic E-state index is -0.594. The average molecular weight is 499 g/mol. The monoisotopic (exact) mass is 498 g/mol. The van der Waals surface area contributed by atoms with Gasteiger partial charge in [0.05, 0.1) is 13.2 Å². The van der Waals surface area contributed by atoms with Crippen molar-refractivity contribution in [3.63, 3.8) is 0 Å². The molecule has 36 heavy (non-hydrogen) atoms. The summed E-state index contributed by atoms with van der Waals surface area (Å²) < 4.78 is 11.4. The third-order valence-electron chi connectivity index (χ3n) is 6.80. The van der Waals surface area contributed by atoms with Crippen LogP contribution in [-0.4, -0.2) is 86.7 Å². The van der Waals surface area contributed by atoms with E-state index in [0.717, 1.165) is 55.1 Å². The maximum Gasteiger partial charge on any atom is 0.222 e. The van der Waals surface area contributed by atoms with Crippen molar-refractivity contribution in [2.45, 2.75) is 38.3 Å². The second-order valence-electron chi connectivity index (χ2n) is 9.46. The summed E-state index contributed by atoms with van der Waals surface area (Å²) in [6, 6.07) is 7.81. The fourth-order valence-electron chi connectivity index (χ4n) is 4.82. The van der Waals surface area contributed by atoms with Gasteiger partial charge < -0.3 is 35.4 Å². The van der Waals surface area contributed by atoms with Crippen molar-refractivity contribution in [2.75, 3.05) is 63.8 Å². The van der Waals surface area contributed by atoms with Gasteiger partial charge in [0.25, 0.3) is 0 Å². The summed E-state index contributed by atoms with van der Waals surface area (Å²) in [6.07, 6.45) is 1.97. The molecular weight excluding hydrogens is 460 g/mol. The molecule has 1 amide bonds. The summed E-state index contributed by atoms with van der Waals surface area (Å²) in [5.74, 6) is 3.07. The normalized spacial score (nSPS) is 20.7. The number of aliphatic hydroxyl groups is 1. The number of aliphatic hydroxyl groups excluding tert-OH is 1. The minimum absolute atomic E-state index is 0.0277. The Labute approximate surface area is 212 Å². The third-order valence-corrected chi connectivity index (χ3v) is 6.80. The number of anilines is 2. The number of amides is 1. The Kier molecular flexibility index (Phi) is 8.95. The van der Waals surface area contributed by atoms with Gasteiger partial charge in [0.2, 0.25) is 5.91 Å². The van der Waals surface area contributed by atoms with E-state index in [2.05, 4.69) is 20.9 Å². The number of aromatic nitrogens is 2. The highest BCUT2D eigenvalue weighted by Gasteiger charge is 2.30. The molecule has 10 nitrogen and oxygen atoms in total. The van der Waals surface area contributed by atoms with Gasteiger partial charge in [-0.15, -0.1) is 0 Å². The topological polar surface area (TPSA) is 121 Å². The second kappa shape index (κ2) is 12.3. The summed E-state index contributed by atoms with van der Waals surface area (Å²) in [5, 5.41) is 19.3. The first-order valence-corrected chi connectivity index (χ1v) is 12.7. The van der Waals surface area contributed by atoms with Crippen LogP contribution in [0.15, 0.2) is 24.3 Å². The van der Waals surface area contributed by atoms with E-state index >= 15 is 0 Å². The molecule has 10 heteroatoms. The van der Waals surface area contributed by atoms with Crippen LogP contribution in [0, 0.1) is 12.8 Å². The number of carbonyl (C=O) groups excluding carboxylic acids is 1. The first-order valence-electron chi connectivity index (χ1n) is 12.7. The number of likely N-dealkylation sites (N-methyl/N-ethyl adjacent to an activating group) is 1. The Bertz CT molecular complexity index is 1030. The third kappa shape index (κ3) is 6.43. The van der Waals surface area contributed by atoms with Gasteiger partial charge in [0.15, 0.2) is 5.82 Å². The van der Waals surface area contributed by atoms with E-state index in [4.69, 9.17) is 19.4 Å². The molecular formula is C26H38N6O4. The number of rotatable bonds is 10. The number of benzene rings is 1. The van der Waals surface area contributed by atoms with Gasteiger partial charge in [0, 0.05) is 49.8 Å². The number of hydrogen-bond donors (Lipinski definition) is 4. The van der Waals surface area contributed by atoms with Crippen LogP contribution in [0.25, 0.3) is 11.4 Å². The molecule has 2 heterocycles. The van der Waals surface area contributed by atoms with Crippen molar-refractivity contribution < 1.29 is 19.4 Å². The zero-order valence-corrected chi connectivity index (χ0v) is 21.4. The first-order chi connectivity index (χ1) is 17.5. The van der Waals surface area contributed by atoms with Crippen molar-refractivity contribution in [1.82, 2.24) is 20.6 Å². The molecule has 2 aromatic rings. The number of hydrogen-bond acceptors (Lipinski definition) is 9. The van der Waals surface area contributed by atoms with Gasteiger partial charge in [-0.3, -0.25) is 4.79 Å². The minimum Gasteiger partial charge on any atom is -0.491 e. The van der Waals surface area contributed by atoms with Crippen molar-refractivity contribution in [2.24, 2.45) is 5.92 Å². The van der Waals surface area contributed by atoms with Crippen LogP contribution >= 0.6 is 0 Å². The fraction of sp³-hybridized carbons (Fsp3) is 0.577. The molecule has 1 saturated carbocycles. The largest absolute Gasteiger partial charge is 0.491 e. The summed E-state index contributed by atoms with van der Waals surface area (Å²) in [4.78, 5) is 24.3. The molecule has 3 atom stereocenters. The smallest absolute Gasteiger partial charge is 0.222 e. The number of morpholine rings is 1. The van der Waals surface area contributed by atoms with Crippen molar-refractivity contribution in [3.8, 4) is 17.1 Å². The van der Waals surface area contributed by atoms with Crippen LogP contribution in [-0.2, 0) is 9.53 Å². The lowest BCUT2D eigenvalue weighted by atomic mass is 10.1. The Morgan fingerprint density at radius 1 is 1.25 bits per heavy atom. The predicted octanol–water partition coefficient (Wildman–Crippen LogP) is 1.57. The lowest BCUT2D eigenvalue weighted by molar-refractivity contribution is -0.124. The van der Waals surface area contributed by atoms with Gasteiger partial charge in [0.1, 0.15) is 30.1 Å². The Hall–Kier alpha value is -2.95. The zero-order valence-electron chi connectivity index (χ0n) is 21.4. The van der Waals surface area contributed by atoms with Gasteiger partial charge in [-0.05, 0) is 45.4 Å². The quantitative estimate of drug-likeness (QED) is 0.387. The summed E-state index contributed by atoms with van der Waals surface area (Å²) in [5.41, 5.74) is 1.83. The second-order valence-corrected chi connectivity index (χ2v) is 9.46. The van der Waals surface area contributed by atoms with Crippen LogP contribution < -0.4 is 25.6 Å². The molecule has 1 unspecified atom stereocenters. The van der Waals surface area contributed by atoms with Crippen molar-refractivity contribution >= 4 is 17.5 Å². The van der Waals surface area contributed by atoms with Crippen LogP contribution in [0.5, 0.6) is 5.75 Å². The molecule has 1 aromatic carbocycles. The van der Waals surface area contributed by atoms with Crippen LogP contribution in [0.4, 0.5) is 11.6 Å². The predicted molar refractivity (Wildman–Crippen MR) is 139 cm³/mol. The molecule has 1 aliphatic carbocycles. The summed E-state index contributed by atoms with van der Waals surface area (Å²) in [7, 11) is 3.48. The van der Waals surface area contributed by atoms with Gasteiger partial charge in [-0.25, -0.2) is 9.97 Å². The molecule has 0 radical (unpaired) electrons. The maximum atomic E-state index is 12.1. The van der Waals surface area contributed by atoms with E-state index in [1.54, 1.807) is 14.1 Å². The van der Waals surface area contributed by atoms with Gasteiger partial charge >= 0.3 is 0 Å². The Balaban J connectivity index is 1.60. The average Bonchev–Trinajstić information content (AvgIpc) is 3.37. The molecule has 4 N–H and O–H groups in total. The van der Waals surface area contributed by atoms with E-state index < -0.39 is 6.10 Å². The lowest BCUT2D eigenvalue weighted by Gasteiger charge is -2.30. The van der Waals surface area contributed by atoms with Crippen molar-refractivity contribution in [3.05, 3.63) is 29.8 Å². The van der Waals surface area contributed by atoms with Crippen LogP contribution in [0.3, 0.4) is 0 Å². The summed E-state index contributed by atoms with van der Waals surface area (Å²) in [6.45, 7) is 5.56. The van der Waals surface area contributed by atoms with E-state index in [9.17, 15) is 9.90 Å². The highest BCUT2D eigenvalue weighted by atomic mass is 16.5. The highest BCUT2D eigenvalue weighted by molar-refractivity contribution is 5.78. The molecule has 1 saturated heterocycles. The van der Waals surface area contributed by atoms with E-state index in [1.807, 2.05) is 31.2 Å². The lowest BCUT2D eigenvalue weighted by Crippen LogP contribution is -2.37. The molecule has 196 valence electrons. The number of carbonyl (C=O) groups is 1. The fourth-order valence-corrected chi connectivity index (χ4v) is 4.82. The maximum absolute atomic E-state index is 12.1. The van der Waals surface area contributed by atoms with E-state index in [-0.39, 0.29) is 24.5 Å². The first kappa shape index (κ1) is 26.1. The molecule has 1 aromatic heterocycles. The molecule has 2 fully saturated rings. The molecule has 1 aliphatic heterocycles. The number of nitrogens with zero attached hydrogens (tertiary/aromatic N) is 3. The van der Waals surface area contributed by atoms with E-state index in [1.165, 1.54) is 0 Å². The highest BCUT2D eigenvalue weighted by Crippen LogP contribution is 2.33. The Morgan fingerprint density at radius 3 is 2.81 bits per heavy atom. The van der Waals surface area contributed by atoms with Gasteiger partial charge in [-0.1, -0.05) is 12.1 Å². The van der Waals surface area contributed by atoms with Crippen LogP contribution in [0.1, 0.15) is 24.8 Å². The molecule has 0 bridgehead atoms. The summed E-state index contributed by atoms with van der Waals surface area (Å²) >= 11 is 0.